The Balaban J connectivity index is 2.60. The number of carboxylic acid groups (broad SMARTS) is 1. The van der Waals surface area contributed by atoms with Crippen LogP contribution < -0.4 is 10.6 Å². The lowest BCUT2D eigenvalue weighted by molar-refractivity contribution is 0.0698. The van der Waals surface area contributed by atoms with Crippen molar-refractivity contribution in [3.8, 4) is 0 Å². The van der Waals surface area contributed by atoms with Crippen LogP contribution in [0.15, 0.2) is 22.7 Å². The molecule has 1 aromatic rings. The Kier molecular flexibility index (Phi) is 6.87. The summed E-state index contributed by atoms with van der Waals surface area (Å²) >= 11 is 4.94. The molecule has 2 amide bonds. The van der Waals surface area contributed by atoms with Crippen molar-refractivity contribution < 1.29 is 14.7 Å². The third kappa shape index (κ3) is 5.42. The van der Waals surface area contributed by atoms with E-state index in [2.05, 4.69) is 33.5 Å². The predicted molar refractivity (Wildman–Crippen MR) is 85.7 cm³/mol. The van der Waals surface area contributed by atoms with Gasteiger partial charge in [-0.25, -0.2) is 9.59 Å². The molecule has 0 aliphatic rings. The molecule has 0 spiro atoms. The van der Waals surface area contributed by atoms with Crippen LogP contribution in [0.5, 0.6) is 0 Å². The lowest BCUT2D eigenvalue weighted by Gasteiger charge is -2.12. The molecule has 1 aromatic carbocycles. The Hall–Kier alpha value is -1.21. The van der Waals surface area contributed by atoms with E-state index in [9.17, 15) is 9.59 Å². The van der Waals surface area contributed by atoms with Gasteiger partial charge in [0.25, 0.3) is 0 Å². The summed E-state index contributed by atoms with van der Waals surface area (Å²) in [6.45, 7) is 2.63. The van der Waals surface area contributed by atoms with Crippen LogP contribution in [0.25, 0.3) is 0 Å². The normalized spacial score (nSPS) is 11.8. The lowest BCUT2D eigenvalue weighted by atomic mass is 10.2. The summed E-state index contributed by atoms with van der Waals surface area (Å²) in [4.78, 5) is 22.8. The van der Waals surface area contributed by atoms with E-state index < -0.39 is 12.0 Å². The Bertz CT molecular complexity index is 497. The predicted octanol–water partition coefficient (Wildman–Crippen LogP) is 3.41. The second-order valence-electron chi connectivity index (χ2n) is 4.21. The monoisotopic (exact) mass is 360 g/mol. The average molecular weight is 361 g/mol. The number of thioether (sulfide) groups is 1. The van der Waals surface area contributed by atoms with Gasteiger partial charge in [0.15, 0.2) is 0 Å². The van der Waals surface area contributed by atoms with Crippen molar-refractivity contribution >= 4 is 45.4 Å². The van der Waals surface area contributed by atoms with Crippen molar-refractivity contribution in [2.45, 2.75) is 18.6 Å². The van der Waals surface area contributed by atoms with Crippen LogP contribution in [-0.2, 0) is 0 Å². The van der Waals surface area contributed by atoms with Crippen LogP contribution >= 0.6 is 27.7 Å². The van der Waals surface area contributed by atoms with Crippen molar-refractivity contribution in [1.29, 1.82) is 0 Å². The molecule has 3 N–H and O–H groups in total. The van der Waals surface area contributed by atoms with E-state index in [1.807, 2.05) is 6.26 Å². The molecular weight excluding hydrogens is 344 g/mol. The minimum atomic E-state index is -1.09. The Morgan fingerprint density at radius 1 is 1.45 bits per heavy atom. The third-order valence-electron chi connectivity index (χ3n) is 2.70. The first kappa shape index (κ1) is 16.8. The van der Waals surface area contributed by atoms with Gasteiger partial charge in [0.2, 0.25) is 0 Å². The van der Waals surface area contributed by atoms with E-state index in [0.29, 0.717) is 16.3 Å². The average Bonchev–Trinajstić information content (AvgIpc) is 2.40. The Morgan fingerprint density at radius 2 is 2.15 bits per heavy atom. The third-order valence-corrected chi connectivity index (χ3v) is 4.23. The molecule has 0 radical (unpaired) electrons. The second-order valence-corrected chi connectivity index (χ2v) is 6.40. The maximum Gasteiger partial charge on any atom is 0.337 e. The van der Waals surface area contributed by atoms with Crippen LogP contribution in [0.1, 0.15) is 23.7 Å². The summed E-state index contributed by atoms with van der Waals surface area (Å²) in [6.07, 6.45) is 2.88. The van der Waals surface area contributed by atoms with Crippen LogP contribution in [-0.4, -0.2) is 35.2 Å². The number of benzene rings is 1. The molecule has 0 fully saturated rings. The zero-order valence-corrected chi connectivity index (χ0v) is 13.7. The summed E-state index contributed by atoms with van der Waals surface area (Å²) in [5, 5.41) is 14.8. The number of rotatable bonds is 6. The molecule has 7 heteroatoms. The second kappa shape index (κ2) is 8.16. The fraction of sp³-hybridized carbons (Fsp3) is 0.385. The van der Waals surface area contributed by atoms with Gasteiger partial charge >= 0.3 is 12.0 Å². The maximum atomic E-state index is 11.7. The van der Waals surface area contributed by atoms with E-state index in [1.165, 1.54) is 6.07 Å². The SMILES string of the molecule is CSC(C)CCNC(=O)Nc1ccc(Br)cc1C(=O)O. The number of halogens is 1. The van der Waals surface area contributed by atoms with Gasteiger partial charge in [-0.1, -0.05) is 22.9 Å². The minimum Gasteiger partial charge on any atom is -0.478 e. The zero-order valence-electron chi connectivity index (χ0n) is 11.3. The number of hydrogen-bond donors (Lipinski definition) is 3. The Labute approximate surface area is 130 Å². The van der Waals surface area contributed by atoms with Gasteiger partial charge in [0.1, 0.15) is 0 Å². The highest BCUT2D eigenvalue weighted by Gasteiger charge is 2.12. The van der Waals surface area contributed by atoms with E-state index in [0.717, 1.165) is 6.42 Å². The van der Waals surface area contributed by atoms with Gasteiger partial charge in [-0.2, -0.15) is 11.8 Å². The number of carbonyl (C=O) groups is 2. The summed E-state index contributed by atoms with van der Waals surface area (Å²) < 4.78 is 0.648. The highest BCUT2D eigenvalue weighted by molar-refractivity contribution is 9.10. The summed E-state index contributed by atoms with van der Waals surface area (Å²) in [6, 6.07) is 4.28. The first-order valence-corrected chi connectivity index (χ1v) is 8.12. The molecule has 0 aliphatic heterocycles. The van der Waals surface area contributed by atoms with Crippen molar-refractivity contribution in [2.75, 3.05) is 18.1 Å². The number of anilines is 1. The largest absolute Gasteiger partial charge is 0.478 e. The molecule has 0 saturated carbocycles. The molecule has 110 valence electrons. The molecule has 0 heterocycles. The molecule has 5 nitrogen and oxygen atoms in total. The quantitative estimate of drug-likeness (QED) is 0.726. The van der Waals surface area contributed by atoms with Gasteiger partial charge in [-0.15, -0.1) is 0 Å². The molecule has 1 atom stereocenters. The number of nitrogens with one attached hydrogen (secondary N) is 2. The number of carboxylic acids is 1. The van der Waals surface area contributed by atoms with Crippen LogP contribution in [0.3, 0.4) is 0 Å². The molecule has 1 rings (SSSR count). The lowest BCUT2D eigenvalue weighted by Crippen LogP contribution is -2.31. The number of aromatic carboxylic acids is 1. The number of amides is 2. The molecular formula is C13H17BrN2O3S. The fourth-order valence-corrected chi connectivity index (χ4v) is 2.19. The highest BCUT2D eigenvalue weighted by atomic mass is 79.9. The summed E-state index contributed by atoms with van der Waals surface area (Å²) in [5.41, 5.74) is 0.322. The van der Waals surface area contributed by atoms with Gasteiger partial charge in [-0.05, 0) is 30.9 Å². The number of carbonyl (C=O) groups excluding carboxylic acids is 1. The van der Waals surface area contributed by atoms with E-state index in [1.54, 1.807) is 23.9 Å². The molecule has 0 aromatic heterocycles. The summed E-state index contributed by atoms with van der Waals surface area (Å²) in [5.74, 6) is -1.09. The van der Waals surface area contributed by atoms with Crippen molar-refractivity contribution in [3.05, 3.63) is 28.2 Å². The van der Waals surface area contributed by atoms with Gasteiger partial charge in [0, 0.05) is 16.3 Å². The first-order valence-electron chi connectivity index (χ1n) is 6.04. The number of hydrogen-bond acceptors (Lipinski definition) is 3. The molecule has 0 bridgehead atoms. The minimum absolute atomic E-state index is 0.0482. The summed E-state index contributed by atoms with van der Waals surface area (Å²) in [7, 11) is 0. The van der Waals surface area contributed by atoms with Crippen LogP contribution in [0.4, 0.5) is 10.5 Å². The van der Waals surface area contributed by atoms with E-state index in [4.69, 9.17) is 5.11 Å². The van der Waals surface area contributed by atoms with Gasteiger partial charge < -0.3 is 15.7 Å². The first-order chi connectivity index (χ1) is 9.43. The molecule has 1 unspecified atom stereocenters. The van der Waals surface area contributed by atoms with E-state index >= 15 is 0 Å². The molecule has 0 saturated heterocycles. The molecule has 20 heavy (non-hydrogen) atoms. The van der Waals surface area contributed by atoms with Crippen LogP contribution in [0.2, 0.25) is 0 Å². The van der Waals surface area contributed by atoms with Crippen molar-refractivity contribution in [3.63, 3.8) is 0 Å². The smallest absolute Gasteiger partial charge is 0.337 e. The van der Waals surface area contributed by atoms with Crippen molar-refractivity contribution in [2.24, 2.45) is 0 Å². The Morgan fingerprint density at radius 3 is 2.75 bits per heavy atom. The highest BCUT2D eigenvalue weighted by Crippen LogP contribution is 2.21. The fourth-order valence-electron chi connectivity index (χ4n) is 1.48. The topological polar surface area (TPSA) is 78.4 Å². The van der Waals surface area contributed by atoms with Gasteiger partial charge in [0.05, 0.1) is 11.3 Å². The van der Waals surface area contributed by atoms with Crippen LogP contribution in [0, 0.1) is 0 Å². The maximum absolute atomic E-state index is 11.7. The van der Waals surface area contributed by atoms with Gasteiger partial charge in [-0.3, -0.25) is 0 Å². The molecule has 0 aliphatic carbocycles. The zero-order chi connectivity index (χ0) is 15.1. The number of urea groups is 1. The van der Waals surface area contributed by atoms with E-state index in [-0.39, 0.29) is 11.3 Å². The van der Waals surface area contributed by atoms with Crippen molar-refractivity contribution in [1.82, 2.24) is 5.32 Å². The standard InChI is InChI=1S/C13H17BrN2O3S/c1-8(20-2)5-6-15-13(19)16-11-4-3-9(14)7-10(11)12(17)18/h3-4,7-8H,5-6H2,1-2H3,(H,17,18)(H2,15,16,19).